The molecule has 22 heavy (non-hydrogen) atoms. The van der Waals surface area contributed by atoms with Gasteiger partial charge in [-0.3, -0.25) is 9.59 Å². The van der Waals surface area contributed by atoms with Crippen molar-refractivity contribution in [3.05, 3.63) is 36.3 Å². The van der Waals surface area contributed by atoms with Crippen molar-refractivity contribution in [2.45, 2.75) is 26.3 Å². The summed E-state index contributed by atoms with van der Waals surface area (Å²) < 4.78 is 1.92. The van der Waals surface area contributed by atoms with E-state index in [0.717, 1.165) is 22.8 Å². The van der Waals surface area contributed by atoms with Crippen molar-refractivity contribution in [2.24, 2.45) is 5.92 Å². The Morgan fingerprint density at radius 1 is 1.41 bits per heavy atom. The Labute approximate surface area is 127 Å². The van der Waals surface area contributed by atoms with Crippen LogP contribution in [0.5, 0.6) is 0 Å². The highest BCUT2D eigenvalue weighted by atomic mass is 16.4. The molecule has 2 aromatic rings. The van der Waals surface area contributed by atoms with Crippen LogP contribution in [0.15, 0.2) is 30.5 Å². The number of nitrogens with zero attached hydrogens (tertiary/aromatic N) is 2. The summed E-state index contributed by atoms with van der Waals surface area (Å²) in [6.45, 7) is 1.93. The molecule has 1 aromatic heterocycles. The molecular formula is C16H17N3O3. The number of benzene rings is 1. The van der Waals surface area contributed by atoms with Crippen LogP contribution in [0, 0.1) is 5.92 Å². The molecule has 1 aliphatic heterocycles. The molecule has 0 radical (unpaired) electrons. The maximum Gasteiger partial charge on any atom is 0.308 e. The van der Waals surface area contributed by atoms with Gasteiger partial charge in [-0.25, -0.2) is 4.98 Å². The van der Waals surface area contributed by atoms with Gasteiger partial charge in [0.05, 0.1) is 11.6 Å². The van der Waals surface area contributed by atoms with Crippen molar-refractivity contribution in [3.63, 3.8) is 0 Å². The van der Waals surface area contributed by atoms with E-state index in [-0.39, 0.29) is 11.8 Å². The molecule has 2 heterocycles. The van der Waals surface area contributed by atoms with Gasteiger partial charge < -0.3 is 15.0 Å². The highest BCUT2D eigenvalue weighted by Crippen LogP contribution is 2.26. The minimum absolute atomic E-state index is 0.120. The number of hydrogen-bond donors (Lipinski definition) is 2. The predicted octanol–water partition coefficient (Wildman–Crippen LogP) is 2.16. The molecule has 1 amide bonds. The van der Waals surface area contributed by atoms with Crippen LogP contribution in [0.2, 0.25) is 0 Å². The van der Waals surface area contributed by atoms with Crippen molar-refractivity contribution in [2.75, 3.05) is 5.32 Å². The highest BCUT2D eigenvalue weighted by Gasteiger charge is 2.25. The highest BCUT2D eigenvalue weighted by molar-refractivity contribution is 5.89. The molecular weight excluding hydrogens is 282 g/mol. The first-order valence-electron chi connectivity index (χ1n) is 7.20. The number of aliphatic carboxylic acids is 1. The van der Waals surface area contributed by atoms with Crippen LogP contribution in [-0.4, -0.2) is 26.5 Å². The molecule has 6 heteroatoms. The lowest BCUT2D eigenvalue weighted by Crippen LogP contribution is -2.26. The zero-order valence-corrected chi connectivity index (χ0v) is 12.2. The number of anilines is 1. The van der Waals surface area contributed by atoms with Gasteiger partial charge in [0.1, 0.15) is 5.82 Å². The SMILES string of the molecule is CC(=O)Nc1cccc(-c2cn3c(n2)CCC(C(=O)O)C3)c1. The number of carboxylic acid groups (broad SMARTS) is 1. The lowest BCUT2D eigenvalue weighted by atomic mass is 10.00. The van der Waals surface area contributed by atoms with Gasteiger partial charge >= 0.3 is 5.97 Å². The molecule has 0 saturated carbocycles. The van der Waals surface area contributed by atoms with Gasteiger partial charge in [0.15, 0.2) is 0 Å². The first-order chi connectivity index (χ1) is 10.5. The third-order valence-corrected chi connectivity index (χ3v) is 3.82. The van der Waals surface area contributed by atoms with Gasteiger partial charge in [0, 0.05) is 37.3 Å². The Bertz CT molecular complexity index is 736. The van der Waals surface area contributed by atoms with E-state index in [0.29, 0.717) is 19.4 Å². The summed E-state index contributed by atoms with van der Waals surface area (Å²) in [5.41, 5.74) is 2.42. The summed E-state index contributed by atoms with van der Waals surface area (Å²) in [7, 11) is 0. The summed E-state index contributed by atoms with van der Waals surface area (Å²) in [5, 5.41) is 11.9. The topological polar surface area (TPSA) is 84.2 Å². The van der Waals surface area contributed by atoms with Crippen molar-refractivity contribution in [1.29, 1.82) is 0 Å². The van der Waals surface area contributed by atoms with E-state index in [1.54, 1.807) is 0 Å². The standard InChI is InChI=1S/C16H17N3O3/c1-10(20)17-13-4-2-3-11(7-13)14-9-19-8-12(16(21)22)5-6-15(19)18-14/h2-4,7,9,12H,5-6,8H2,1H3,(H,17,20)(H,21,22). The van der Waals surface area contributed by atoms with Crippen LogP contribution in [0.25, 0.3) is 11.3 Å². The molecule has 114 valence electrons. The fourth-order valence-corrected chi connectivity index (χ4v) is 2.74. The van der Waals surface area contributed by atoms with Crippen LogP contribution in [0.3, 0.4) is 0 Å². The Morgan fingerprint density at radius 2 is 2.23 bits per heavy atom. The molecule has 0 aliphatic carbocycles. The number of carbonyl (C=O) groups is 2. The molecule has 1 aromatic carbocycles. The van der Waals surface area contributed by atoms with Crippen molar-refractivity contribution in [3.8, 4) is 11.3 Å². The van der Waals surface area contributed by atoms with Crippen LogP contribution in [0.1, 0.15) is 19.2 Å². The summed E-state index contributed by atoms with van der Waals surface area (Å²) in [5.74, 6) is -0.308. The number of amides is 1. The number of aromatic nitrogens is 2. The van der Waals surface area contributed by atoms with Crippen LogP contribution < -0.4 is 5.32 Å². The largest absolute Gasteiger partial charge is 0.481 e. The number of imidazole rings is 1. The summed E-state index contributed by atoms with van der Waals surface area (Å²) >= 11 is 0. The number of carboxylic acids is 1. The third kappa shape index (κ3) is 2.86. The van der Waals surface area contributed by atoms with Crippen LogP contribution in [0.4, 0.5) is 5.69 Å². The van der Waals surface area contributed by atoms with Crippen molar-refractivity contribution >= 4 is 17.6 Å². The second-order valence-corrected chi connectivity index (χ2v) is 5.53. The Morgan fingerprint density at radius 3 is 2.95 bits per heavy atom. The van der Waals surface area contributed by atoms with E-state index in [2.05, 4.69) is 10.3 Å². The van der Waals surface area contributed by atoms with Gasteiger partial charge in [-0.2, -0.15) is 0 Å². The van der Waals surface area contributed by atoms with Gasteiger partial charge in [-0.15, -0.1) is 0 Å². The van der Waals surface area contributed by atoms with Gasteiger partial charge in [-0.1, -0.05) is 12.1 Å². The number of hydrogen-bond acceptors (Lipinski definition) is 3. The molecule has 6 nitrogen and oxygen atoms in total. The average molecular weight is 299 g/mol. The molecule has 1 unspecified atom stereocenters. The van der Waals surface area contributed by atoms with Crippen LogP contribution >= 0.6 is 0 Å². The van der Waals surface area contributed by atoms with Crippen LogP contribution in [-0.2, 0) is 22.6 Å². The fraction of sp³-hybridized carbons (Fsp3) is 0.312. The normalized spacial score (nSPS) is 16.9. The number of nitrogens with one attached hydrogen (secondary N) is 1. The molecule has 1 atom stereocenters. The van der Waals surface area contributed by atoms with E-state index in [4.69, 9.17) is 5.11 Å². The zero-order chi connectivity index (χ0) is 15.7. The number of carbonyl (C=O) groups excluding carboxylic acids is 1. The molecule has 1 aliphatic rings. The molecule has 0 saturated heterocycles. The number of fused-ring (bicyclic) bond motifs is 1. The summed E-state index contributed by atoms with van der Waals surface area (Å²) in [4.78, 5) is 26.8. The first-order valence-corrected chi connectivity index (χ1v) is 7.20. The molecule has 0 spiro atoms. The number of aryl methyl sites for hydroxylation is 1. The van der Waals surface area contributed by atoms with E-state index in [1.165, 1.54) is 6.92 Å². The Balaban J connectivity index is 1.88. The lowest BCUT2D eigenvalue weighted by Gasteiger charge is -2.19. The Hall–Kier alpha value is -2.63. The zero-order valence-electron chi connectivity index (χ0n) is 12.2. The third-order valence-electron chi connectivity index (χ3n) is 3.82. The summed E-state index contributed by atoms with van der Waals surface area (Å²) in [6.07, 6.45) is 3.18. The monoisotopic (exact) mass is 299 g/mol. The predicted molar refractivity (Wildman–Crippen MR) is 81.4 cm³/mol. The number of rotatable bonds is 3. The lowest BCUT2D eigenvalue weighted by molar-refractivity contribution is -0.142. The average Bonchev–Trinajstić information content (AvgIpc) is 2.89. The molecule has 2 N–H and O–H groups in total. The van der Waals surface area contributed by atoms with Crippen molar-refractivity contribution < 1.29 is 14.7 Å². The second kappa shape index (κ2) is 5.63. The van der Waals surface area contributed by atoms with Crippen molar-refractivity contribution in [1.82, 2.24) is 9.55 Å². The molecule has 0 fully saturated rings. The van der Waals surface area contributed by atoms with Gasteiger partial charge in [-0.05, 0) is 18.6 Å². The van der Waals surface area contributed by atoms with E-state index in [9.17, 15) is 9.59 Å². The summed E-state index contributed by atoms with van der Waals surface area (Å²) in [6, 6.07) is 7.47. The van der Waals surface area contributed by atoms with Gasteiger partial charge in [0.2, 0.25) is 5.91 Å². The van der Waals surface area contributed by atoms with E-state index < -0.39 is 5.97 Å². The maximum absolute atomic E-state index is 11.1. The molecule has 3 rings (SSSR count). The van der Waals surface area contributed by atoms with E-state index >= 15 is 0 Å². The quantitative estimate of drug-likeness (QED) is 0.909. The smallest absolute Gasteiger partial charge is 0.308 e. The molecule has 0 bridgehead atoms. The first kappa shape index (κ1) is 14.3. The fourth-order valence-electron chi connectivity index (χ4n) is 2.74. The second-order valence-electron chi connectivity index (χ2n) is 5.53. The van der Waals surface area contributed by atoms with Gasteiger partial charge in [0.25, 0.3) is 0 Å². The Kier molecular flexibility index (Phi) is 3.66. The minimum atomic E-state index is -0.756. The minimum Gasteiger partial charge on any atom is -0.481 e. The van der Waals surface area contributed by atoms with E-state index in [1.807, 2.05) is 35.0 Å². The maximum atomic E-state index is 11.1.